The first-order valence-corrected chi connectivity index (χ1v) is 7.84. The third-order valence-electron chi connectivity index (χ3n) is 4.10. The highest BCUT2D eigenvalue weighted by Gasteiger charge is 2.19. The minimum Gasteiger partial charge on any atom is -0.497 e. The Hall–Kier alpha value is -1.91. The van der Waals surface area contributed by atoms with E-state index >= 15 is 0 Å². The maximum Gasteiger partial charge on any atom is 0.193 e. The Balaban J connectivity index is 2.01. The molecule has 1 N–H and O–H groups in total. The van der Waals surface area contributed by atoms with E-state index < -0.39 is 0 Å². The largest absolute Gasteiger partial charge is 0.497 e. The average molecular weight is 305 g/mol. The Morgan fingerprint density at radius 2 is 2.18 bits per heavy atom. The molecule has 1 saturated heterocycles. The number of benzene rings is 1. The molecule has 0 radical (unpaired) electrons. The van der Waals surface area contributed by atoms with Crippen molar-refractivity contribution in [2.24, 2.45) is 10.9 Å². The molecule has 1 aromatic rings. The van der Waals surface area contributed by atoms with Gasteiger partial charge in [0.2, 0.25) is 0 Å². The summed E-state index contributed by atoms with van der Waals surface area (Å²) in [6.45, 7) is 5.12. The molecule has 0 aromatic heterocycles. The van der Waals surface area contributed by atoms with Gasteiger partial charge in [-0.2, -0.15) is 0 Å². The van der Waals surface area contributed by atoms with Crippen LogP contribution in [0.25, 0.3) is 0 Å². The first kappa shape index (κ1) is 16.5. The standard InChI is InChI=1S/C17H27N3O2/c1-13-6-5-9-20(12-13)17(18-2)19-11-14-7-8-15(21-3)10-16(14)22-4/h7-8,10,13H,5-6,9,11-12H2,1-4H3,(H,18,19). The molecule has 0 bridgehead atoms. The quantitative estimate of drug-likeness (QED) is 0.686. The van der Waals surface area contributed by atoms with Crippen molar-refractivity contribution >= 4 is 5.96 Å². The first-order valence-electron chi connectivity index (χ1n) is 7.84. The molecule has 1 unspecified atom stereocenters. The Labute approximate surface area is 133 Å². The number of nitrogens with zero attached hydrogens (tertiary/aromatic N) is 2. The SMILES string of the molecule is CN=C(NCc1ccc(OC)cc1OC)N1CCCC(C)C1. The monoisotopic (exact) mass is 305 g/mol. The zero-order valence-corrected chi connectivity index (χ0v) is 14.1. The van der Waals surface area contributed by atoms with E-state index in [2.05, 4.69) is 22.1 Å². The van der Waals surface area contributed by atoms with E-state index in [4.69, 9.17) is 9.47 Å². The summed E-state index contributed by atoms with van der Waals surface area (Å²) in [5, 5.41) is 3.44. The van der Waals surface area contributed by atoms with E-state index in [9.17, 15) is 0 Å². The molecule has 2 rings (SSSR count). The van der Waals surface area contributed by atoms with Gasteiger partial charge in [-0.3, -0.25) is 4.99 Å². The molecule has 1 atom stereocenters. The molecule has 1 aliphatic heterocycles. The fraction of sp³-hybridized carbons (Fsp3) is 0.588. The van der Waals surface area contributed by atoms with Gasteiger partial charge in [-0.1, -0.05) is 6.92 Å². The minimum atomic E-state index is 0.685. The van der Waals surface area contributed by atoms with Gasteiger partial charge >= 0.3 is 0 Å². The molecular formula is C17H27N3O2. The lowest BCUT2D eigenvalue weighted by Crippen LogP contribution is -2.45. The average Bonchev–Trinajstić information content (AvgIpc) is 2.55. The summed E-state index contributed by atoms with van der Waals surface area (Å²) in [7, 11) is 5.18. The topological polar surface area (TPSA) is 46.1 Å². The van der Waals surface area contributed by atoms with Crippen molar-refractivity contribution in [1.29, 1.82) is 0 Å². The summed E-state index contributed by atoms with van der Waals surface area (Å²) in [4.78, 5) is 6.75. The number of rotatable bonds is 4. The van der Waals surface area contributed by atoms with Crippen LogP contribution in [0.4, 0.5) is 0 Å². The smallest absolute Gasteiger partial charge is 0.193 e. The minimum absolute atomic E-state index is 0.685. The number of nitrogens with one attached hydrogen (secondary N) is 1. The summed E-state index contributed by atoms with van der Waals surface area (Å²) < 4.78 is 10.7. The molecule has 122 valence electrons. The number of aliphatic imine (C=N–C) groups is 1. The van der Waals surface area contributed by atoms with Crippen LogP contribution in [-0.4, -0.2) is 45.2 Å². The van der Waals surface area contributed by atoms with Crippen molar-refractivity contribution in [1.82, 2.24) is 10.2 Å². The number of piperidine rings is 1. The second-order valence-corrected chi connectivity index (χ2v) is 5.77. The number of likely N-dealkylation sites (tertiary alicyclic amines) is 1. The van der Waals surface area contributed by atoms with Gasteiger partial charge in [0, 0.05) is 38.3 Å². The fourth-order valence-corrected chi connectivity index (χ4v) is 2.89. The Bertz CT molecular complexity index is 517. The van der Waals surface area contributed by atoms with E-state index in [1.54, 1.807) is 14.2 Å². The van der Waals surface area contributed by atoms with Crippen LogP contribution in [0.2, 0.25) is 0 Å². The molecule has 1 aliphatic rings. The predicted molar refractivity (Wildman–Crippen MR) is 89.7 cm³/mol. The van der Waals surface area contributed by atoms with Gasteiger partial charge in [0.15, 0.2) is 5.96 Å². The molecule has 1 aromatic carbocycles. The molecular weight excluding hydrogens is 278 g/mol. The number of hydrogen-bond donors (Lipinski definition) is 1. The Morgan fingerprint density at radius 1 is 1.36 bits per heavy atom. The summed E-state index contributed by atoms with van der Waals surface area (Å²) in [6.07, 6.45) is 2.54. The third kappa shape index (κ3) is 4.06. The molecule has 5 nitrogen and oxygen atoms in total. The Kier molecular flexibility index (Phi) is 5.92. The van der Waals surface area contributed by atoms with E-state index in [-0.39, 0.29) is 0 Å². The fourth-order valence-electron chi connectivity index (χ4n) is 2.89. The highest BCUT2D eigenvalue weighted by molar-refractivity contribution is 5.80. The van der Waals surface area contributed by atoms with Gasteiger partial charge in [-0.25, -0.2) is 0 Å². The van der Waals surface area contributed by atoms with Crippen molar-refractivity contribution in [3.05, 3.63) is 23.8 Å². The second kappa shape index (κ2) is 7.92. The summed E-state index contributed by atoms with van der Waals surface area (Å²) in [5.74, 6) is 3.32. The van der Waals surface area contributed by atoms with Crippen LogP contribution in [0.5, 0.6) is 11.5 Å². The van der Waals surface area contributed by atoms with Gasteiger partial charge < -0.3 is 19.7 Å². The molecule has 1 fully saturated rings. The van der Waals surface area contributed by atoms with Crippen molar-refractivity contribution in [2.45, 2.75) is 26.3 Å². The summed E-state index contributed by atoms with van der Waals surface area (Å²) in [6, 6.07) is 5.88. The Morgan fingerprint density at radius 3 is 2.82 bits per heavy atom. The summed E-state index contributed by atoms with van der Waals surface area (Å²) >= 11 is 0. The second-order valence-electron chi connectivity index (χ2n) is 5.77. The lowest BCUT2D eigenvalue weighted by Gasteiger charge is -2.33. The number of methoxy groups -OCH3 is 2. The molecule has 5 heteroatoms. The normalized spacial score (nSPS) is 19.0. The van der Waals surface area contributed by atoms with E-state index in [0.717, 1.165) is 42.0 Å². The molecule has 0 saturated carbocycles. The predicted octanol–water partition coefficient (Wildman–Crippen LogP) is 2.51. The molecule has 1 heterocycles. The summed E-state index contributed by atoms with van der Waals surface area (Å²) in [5.41, 5.74) is 1.09. The van der Waals surface area contributed by atoms with Crippen LogP contribution in [0.15, 0.2) is 23.2 Å². The van der Waals surface area contributed by atoms with Crippen LogP contribution in [0.1, 0.15) is 25.3 Å². The van der Waals surface area contributed by atoms with Crippen molar-refractivity contribution in [3.63, 3.8) is 0 Å². The lowest BCUT2D eigenvalue weighted by atomic mass is 10.0. The van der Waals surface area contributed by atoms with Gasteiger partial charge in [0.25, 0.3) is 0 Å². The highest BCUT2D eigenvalue weighted by atomic mass is 16.5. The zero-order valence-electron chi connectivity index (χ0n) is 14.1. The van der Waals surface area contributed by atoms with Gasteiger partial charge in [-0.05, 0) is 30.9 Å². The molecule has 0 amide bonds. The number of ether oxygens (including phenoxy) is 2. The number of hydrogen-bond acceptors (Lipinski definition) is 3. The first-order chi connectivity index (χ1) is 10.7. The van der Waals surface area contributed by atoms with Crippen molar-refractivity contribution in [3.8, 4) is 11.5 Å². The van der Waals surface area contributed by atoms with Crippen LogP contribution < -0.4 is 14.8 Å². The highest BCUT2D eigenvalue weighted by Crippen LogP contribution is 2.24. The third-order valence-corrected chi connectivity index (χ3v) is 4.10. The zero-order chi connectivity index (χ0) is 15.9. The van der Waals surface area contributed by atoms with Crippen LogP contribution in [0.3, 0.4) is 0 Å². The van der Waals surface area contributed by atoms with E-state index in [0.29, 0.717) is 6.54 Å². The number of guanidine groups is 1. The maximum atomic E-state index is 5.44. The maximum absolute atomic E-state index is 5.44. The van der Waals surface area contributed by atoms with Gasteiger partial charge in [0.05, 0.1) is 14.2 Å². The van der Waals surface area contributed by atoms with Gasteiger partial charge in [-0.15, -0.1) is 0 Å². The lowest BCUT2D eigenvalue weighted by molar-refractivity contribution is 0.266. The van der Waals surface area contributed by atoms with Crippen LogP contribution >= 0.6 is 0 Å². The van der Waals surface area contributed by atoms with E-state index in [1.165, 1.54) is 12.8 Å². The molecule has 22 heavy (non-hydrogen) atoms. The van der Waals surface area contributed by atoms with Gasteiger partial charge in [0.1, 0.15) is 11.5 Å². The van der Waals surface area contributed by atoms with Crippen molar-refractivity contribution in [2.75, 3.05) is 34.4 Å². The molecule has 0 aliphatic carbocycles. The molecule has 0 spiro atoms. The van der Waals surface area contributed by atoms with Crippen molar-refractivity contribution < 1.29 is 9.47 Å². The van der Waals surface area contributed by atoms with Crippen LogP contribution in [0, 0.1) is 5.92 Å². The van der Waals surface area contributed by atoms with Crippen LogP contribution in [-0.2, 0) is 6.54 Å². The van der Waals surface area contributed by atoms with E-state index in [1.807, 2.05) is 25.2 Å².